The Labute approximate surface area is 115 Å². The van der Waals surface area contributed by atoms with Crippen LogP contribution >= 0.6 is 0 Å². The first-order valence-corrected chi connectivity index (χ1v) is 6.10. The van der Waals surface area contributed by atoms with Gasteiger partial charge < -0.3 is 5.32 Å². The van der Waals surface area contributed by atoms with Gasteiger partial charge in [-0.2, -0.15) is 9.49 Å². The van der Waals surface area contributed by atoms with Gasteiger partial charge in [0.25, 0.3) is 0 Å². The molecule has 1 N–H and O–H groups in total. The van der Waals surface area contributed by atoms with Crippen LogP contribution in [0.5, 0.6) is 0 Å². The molecule has 0 spiro atoms. The minimum atomic E-state index is -0.813. The lowest BCUT2D eigenvalue weighted by atomic mass is 10.2. The van der Waals surface area contributed by atoms with Crippen molar-refractivity contribution in [3.63, 3.8) is 0 Å². The molecule has 0 aliphatic carbocycles. The summed E-state index contributed by atoms with van der Waals surface area (Å²) in [4.78, 5) is 9.78. The van der Waals surface area contributed by atoms with Crippen molar-refractivity contribution < 1.29 is 9.31 Å². The summed E-state index contributed by atoms with van der Waals surface area (Å²) >= 11 is 0. The summed E-state index contributed by atoms with van der Waals surface area (Å²) < 4.78 is 15.2. The average molecular weight is 278 g/mol. The van der Waals surface area contributed by atoms with Gasteiger partial charge in [-0.15, -0.1) is 0 Å². The molecule has 7 heteroatoms. The van der Waals surface area contributed by atoms with Crippen LogP contribution in [-0.2, 0) is 20.1 Å². The third kappa shape index (κ3) is 3.00. The number of hydrogen-bond donors (Lipinski definition) is 1. The van der Waals surface area contributed by atoms with Gasteiger partial charge in [-0.3, -0.25) is 14.8 Å². The van der Waals surface area contributed by atoms with Crippen LogP contribution in [0.3, 0.4) is 0 Å². The molecule has 6 nitrogen and oxygen atoms in total. The number of aromatic nitrogens is 2. The summed E-state index contributed by atoms with van der Waals surface area (Å²) in [7, 11) is 1.87. The number of nitro groups is 1. The molecule has 0 atom stereocenters. The fourth-order valence-electron chi connectivity index (χ4n) is 1.87. The zero-order valence-corrected chi connectivity index (χ0v) is 11.3. The van der Waals surface area contributed by atoms with Crippen LogP contribution in [0, 0.1) is 22.9 Å². The molecule has 2 aromatic rings. The van der Waals surface area contributed by atoms with E-state index in [0.717, 1.165) is 11.3 Å². The Morgan fingerprint density at radius 3 is 2.75 bits per heavy atom. The van der Waals surface area contributed by atoms with E-state index < -0.39 is 16.4 Å². The van der Waals surface area contributed by atoms with Gasteiger partial charge in [0.1, 0.15) is 0 Å². The van der Waals surface area contributed by atoms with Crippen LogP contribution < -0.4 is 5.32 Å². The first-order chi connectivity index (χ1) is 9.49. The van der Waals surface area contributed by atoms with E-state index in [-0.39, 0.29) is 0 Å². The van der Waals surface area contributed by atoms with Crippen LogP contribution in [0.2, 0.25) is 0 Å². The molecule has 0 amide bonds. The van der Waals surface area contributed by atoms with Crippen molar-refractivity contribution in [2.45, 2.75) is 20.0 Å². The minimum Gasteiger partial charge on any atom is -0.308 e. The molecule has 0 aliphatic heterocycles. The summed E-state index contributed by atoms with van der Waals surface area (Å²) in [6.07, 6.45) is 1.78. The third-order valence-electron chi connectivity index (χ3n) is 3.19. The summed E-state index contributed by atoms with van der Waals surface area (Å²) in [5.41, 5.74) is 2.29. The van der Waals surface area contributed by atoms with E-state index in [0.29, 0.717) is 18.7 Å². The molecule has 2 rings (SSSR count). The average Bonchev–Trinajstić information content (AvgIpc) is 2.70. The molecule has 0 radical (unpaired) electrons. The maximum atomic E-state index is 13.4. The molecule has 1 aromatic heterocycles. The van der Waals surface area contributed by atoms with E-state index in [1.807, 2.05) is 14.0 Å². The fourth-order valence-corrected chi connectivity index (χ4v) is 1.87. The van der Waals surface area contributed by atoms with E-state index in [1.165, 1.54) is 12.1 Å². The number of nitro benzene ring substituents is 1. The predicted octanol–water partition coefficient (Wildman–Crippen LogP) is 2.07. The number of rotatable bonds is 5. The Hall–Kier alpha value is -2.28. The van der Waals surface area contributed by atoms with Gasteiger partial charge in [0.05, 0.1) is 11.1 Å². The van der Waals surface area contributed by atoms with Crippen molar-refractivity contribution in [3.8, 4) is 0 Å². The number of nitrogens with zero attached hydrogens (tertiary/aromatic N) is 3. The molecule has 1 heterocycles. The van der Waals surface area contributed by atoms with Crippen molar-refractivity contribution in [2.75, 3.05) is 0 Å². The number of aryl methyl sites for hydroxylation is 1. The van der Waals surface area contributed by atoms with Crippen molar-refractivity contribution in [1.29, 1.82) is 0 Å². The Morgan fingerprint density at radius 2 is 2.20 bits per heavy atom. The summed E-state index contributed by atoms with van der Waals surface area (Å²) in [5.74, 6) is -0.813. The lowest BCUT2D eigenvalue weighted by Gasteiger charge is -2.05. The number of nitrogens with one attached hydrogen (secondary N) is 1. The molecule has 0 unspecified atom stereocenters. The van der Waals surface area contributed by atoms with Crippen LogP contribution in [0.25, 0.3) is 0 Å². The number of benzene rings is 1. The zero-order chi connectivity index (χ0) is 14.7. The van der Waals surface area contributed by atoms with Crippen LogP contribution in [0.1, 0.15) is 16.8 Å². The van der Waals surface area contributed by atoms with Gasteiger partial charge in [-0.25, -0.2) is 0 Å². The Balaban J connectivity index is 1.96. The lowest BCUT2D eigenvalue weighted by molar-refractivity contribution is -0.387. The lowest BCUT2D eigenvalue weighted by Crippen LogP contribution is -2.13. The van der Waals surface area contributed by atoms with Crippen LogP contribution in [0.4, 0.5) is 10.1 Å². The normalized spacial score (nSPS) is 10.8. The molecule has 0 aliphatic rings. The monoisotopic (exact) mass is 278 g/mol. The van der Waals surface area contributed by atoms with E-state index in [4.69, 9.17) is 0 Å². The largest absolute Gasteiger partial charge is 0.308 e. The minimum absolute atomic E-state index is 0.434. The second-order valence-electron chi connectivity index (χ2n) is 4.53. The topological polar surface area (TPSA) is 73.0 Å². The van der Waals surface area contributed by atoms with E-state index in [9.17, 15) is 14.5 Å². The van der Waals surface area contributed by atoms with E-state index in [2.05, 4.69) is 10.4 Å². The molecule has 0 saturated carbocycles. The maximum absolute atomic E-state index is 13.4. The Bertz CT molecular complexity index is 639. The van der Waals surface area contributed by atoms with Crippen molar-refractivity contribution in [2.24, 2.45) is 7.05 Å². The highest BCUT2D eigenvalue weighted by molar-refractivity contribution is 5.35. The smallest absolute Gasteiger partial charge is 0.304 e. The standard InChI is InChI=1S/C13H15FN4O2/c1-9-11(8-16-17(9)2)7-15-6-10-3-4-13(18(19)20)12(14)5-10/h3-5,8,15H,6-7H2,1-2H3. The highest BCUT2D eigenvalue weighted by atomic mass is 19.1. The first-order valence-electron chi connectivity index (χ1n) is 6.10. The molecule has 0 saturated heterocycles. The predicted molar refractivity (Wildman–Crippen MR) is 71.5 cm³/mol. The molecule has 106 valence electrons. The van der Waals surface area contributed by atoms with Crippen LogP contribution in [-0.4, -0.2) is 14.7 Å². The summed E-state index contributed by atoms with van der Waals surface area (Å²) in [6.45, 7) is 3.01. The Kier molecular flexibility index (Phi) is 4.09. The molecule has 20 heavy (non-hydrogen) atoms. The molecule has 0 fully saturated rings. The second kappa shape index (κ2) is 5.79. The molecular weight excluding hydrogens is 263 g/mol. The highest BCUT2D eigenvalue weighted by Gasteiger charge is 2.13. The third-order valence-corrected chi connectivity index (χ3v) is 3.19. The number of hydrogen-bond acceptors (Lipinski definition) is 4. The van der Waals surface area contributed by atoms with Crippen molar-refractivity contribution in [1.82, 2.24) is 15.1 Å². The van der Waals surface area contributed by atoms with Crippen molar-refractivity contribution >= 4 is 5.69 Å². The van der Waals surface area contributed by atoms with Gasteiger partial charge in [0, 0.05) is 37.5 Å². The maximum Gasteiger partial charge on any atom is 0.304 e. The molecular formula is C13H15FN4O2. The summed E-state index contributed by atoms with van der Waals surface area (Å²) in [5, 5.41) is 17.8. The van der Waals surface area contributed by atoms with E-state index >= 15 is 0 Å². The quantitative estimate of drug-likeness (QED) is 0.671. The van der Waals surface area contributed by atoms with Crippen LogP contribution in [0.15, 0.2) is 24.4 Å². The van der Waals surface area contributed by atoms with Gasteiger partial charge in [-0.05, 0) is 18.6 Å². The number of halogens is 1. The Morgan fingerprint density at radius 1 is 1.45 bits per heavy atom. The van der Waals surface area contributed by atoms with Gasteiger partial charge in [0.2, 0.25) is 5.82 Å². The molecule has 0 bridgehead atoms. The fraction of sp³-hybridized carbons (Fsp3) is 0.308. The van der Waals surface area contributed by atoms with Gasteiger partial charge in [-0.1, -0.05) is 6.07 Å². The SMILES string of the molecule is Cc1c(CNCc2ccc([N+](=O)[O-])c(F)c2)cnn1C. The van der Waals surface area contributed by atoms with Gasteiger partial charge >= 0.3 is 5.69 Å². The van der Waals surface area contributed by atoms with Crippen molar-refractivity contribution in [3.05, 3.63) is 57.1 Å². The summed E-state index contributed by atoms with van der Waals surface area (Å²) in [6, 6.07) is 3.91. The first kappa shape index (κ1) is 14.1. The van der Waals surface area contributed by atoms with Gasteiger partial charge in [0.15, 0.2) is 0 Å². The van der Waals surface area contributed by atoms with E-state index in [1.54, 1.807) is 16.9 Å². The molecule has 1 aromatic carbocycles. The second-order valence-corrected chi connectivity index (χ2v) is 4.53. The zero-order valence-electron chi connectivity index (χ0n) is 11.3. The highest BCUT2D eigenvalue weighted by Crippen LogP contribution is 2.18.